The minimum Gasteiger partial charge on any atom is -0.394 e. The second-order valence-electron chi connectivity index (χ2n) is 2.31. The van der Waals surface area contributed by atoms with E-state index in [2.05, 4.69) is 14.5 Å². The van der Waals surface area contributed by atoms with Gasteiger partial charge in [-0.3, -0.25) is 5.09 Å². The number of aliphatic hydroxyl groups is 1. The molecule has 0 aliphatic heterocycles. The lowest BCUT2D eigenvalue weighted by Crippen LogP contribution is -2.14. The standard InChI is InChI=1S/C8H12NOP/c10-6-8(9-11)7-4-2-1-3-5-7/h1-5,8-10H,6,11H2. The summed E-state index contributed by atoms with van der Waals surface area (Å²) in [6.07, 6.45) is 0. The number of hydrogen-bond donors (Lipinski definition) is 2. The minimum absolute atomic E-state index is 0.0289. The Morgan fingerprint density at radius 3 is 2.45 bits per heavy atom. The topological polar surface area (TPSA) is 32.3 Å². The van der Waals surface area contributed by atoms with Crippen LogP contribution in [0.5, 0.6) is 0 Å². The van der Waals surface area contributed by atoms with Gasteiger partial charge in [0.1, 0.15) is 0 Å². The molecule has 0 aliphatic rings. The molecule has 0 radical (unpaired) electrons. The zero-order valence-electron chi connectivity index (χ0n) is 6.20. The van der Waals surface area contributed by atoms with Gasteiger partial charge in [-0.2, -0.15) is 0 Å². The maximum absolute atomic E-state index is 8.90. The van der Waals surface area contributed by atoms with Crippen LogP contribution in [0.4, 0.5) is 0 Å². The summed E-state index contributed by atoms with van der Waals surface area (Å²) in [5.74, 6) is 0. The number of aliphatic hydroxyl groups excluding tert-OH is 1. The smallest absolute Gasteiger partial charge is 0.0629 e. The molecule has 0 aliphatic carbocycles. The van der Waals surface area contributed by atoms with E-state index in [4.69, 9.17) is 5.11 Å². The molecule has 0 fully saturated rings. The van der Waals surface area contributed by atoms with Crippen molar-refractivity contribution in [2.24, 2.45) is 0 Å². The first-order chi connectivity index (χ1) is 5.38. The van der Waals surface area contributed by atoms with E-state index in [-0.39, 0.29) is 12.6 Å². The monoisotopic (exact) mass is 169 g/mol. The average Bonchev–Trinajstić information content (AvgIpc) is 2.09. The molecule has 0 amide bonds. The van der Waals surface area contributed by atoms with Gasteiger partial charge in [-0.15, -0.1) is 0 Å². The van der Waals surface area contributed by atoms with Crippen LogP contribution in [0.2, 0.25) is 0 Å². The molecular formula is C8H12NOP. The summed E-state index contributed by atoms with van der Waals surface area (Å²) in [6.45, 7) is 0.119. The van der Waals surface area contributed by atoms with E-state index >= 15 is 0 Å². The molecule has 60 valence electrons. The van der Waals surface area contributed by atoms with Crippen LogP contribution in [-0.2, 0) is 0 Å². The normalized spacial score (nSPS) is 12.9. The van der Waals surface area contributed by atoms with Crippen LogP contribution in [0.3, 0.4) is 0 Å². The highest BCUT2D eigenvalue weighted by Gasteiger charge is 2.04. The molecular weight excluding hydrogens is 157 g/mol. The van der Waals surface area contributed by atoms with Crippen molar-refractivity contribution in [3.63, 3.8) is 0 Å². The molecule has 0 saturated carbocycles. The van der Waals surface area contributed by atoms with E-state index in [0.717, 1.165) is 5.56 Å². The molecule has 0 bridgehead atoms. The van der Waals surface area contributed by atoms with Gasteiger partial charge in [0.05, 0.1) is 12.6 Å². The fraction of sp³-hybridized carbons (Fsp3) is 0.250. The van der Waals surface area contributed by atoms with Crippen LogP contribution < -0.4 is 5.09 Å². The van der Waals surface area contributed by atoms with Crippen LogP contribution in [-0.4, -0.2) is 11.7 Å². The first-order valence-corrected chi connectivity index (χ1v) is 4.08. The molecule has 0 aromatic heterocycles. The highest BCUT2D eigenvalue weighted by atomic mass is 31.0. The lowest BCUT2D eigenvalue weighted by molar-refractivity contribution is 0.261. The van der Waals surface area contributed by atoms with Gasteiger partial charge in [0.25, 0.3) is 0 Å². The Bertz CT molecular complexity index is 199. The van der Waals surface area contributed by atoms with Crippen LogP contribution in [0.25, 0.3) is 0 Å². The summed E-state index contributed by atoms with van der Waals surface area (Å²) in [4.78, 5) is 0. The predicted octanol–water partition coefficient (Wildman–Crippen LogP) is 1.10. The van der Waals surface area contributed by atoms with Crippen molar-refractivity contribution in [2.45, 2.75) is 6.04 Å². The average molecular weight is 169 g/mol. The third kappa shape index (κ3) is 2.26. The zero-order chi connectivity index (χ0) is 8.10. The number of rotatable bonds is 3. The van der Waals surface area contributed by atoms with E-state index in [1.165, 1.54) is 0 Å². The molecule has 0 spiro atoms. The van der Waals surface area contributed by atoms with Gasteiger partial charge in [-0.25, -0.2) is 0 Å². The first-order valence-electron chi connectivity index (χ1n) is 3.50. The molecule has 2 nitrogen and oxygen atoms in total. The lowest BCUT2D eigenvalue weighted by Gasteiger charge is -2.12. The summed E-state index contributed by atoms with van der Waals surface area (Å²) >= 11 is 0. The molecule has 1 aromatic rings. The van der Waals surface area contributed by atoms with Crippen molar-refractivity contribution < 1.29 is 5.11 Å². The maximum atomic E-state index is 8.90. The third-order valence-corrected chi connectivity index (χ3v) is 1.99. The number of hydrogen-bond acceptors (Lipinski definition) is 2. The molecule has 3 heteroatoms. The Kier molecular flexibility index (Phi) is 3.50. The van der Waals surface area contributed by atoms with Crippen LogP contribution in [0, 0.1) is 0 Å². The lowest BCUT2D eigenvalue weighted by atomic mass is 10.1. The van der Waals surface area contributed by atoms with Crippen LogP contribution in [0.15, 0.2) is 30.3 Å². The van der Waals surface area contributed by atoms with Crippen LogP contribution >= 0.6 is 9.39 Å². The first kappa shape index (κ1) is 8.66. The highest BCUT2D eigenvalue weighted by Crippen LogP contribution is 2.11. The molecule has 2 N–H and O–H groups in total. The number of nitrogens with one attached hydrogen (secondary N) is 1. The fourth-order valence-electron chi connectivity index (χ4n) is 0.940. The van der Waals surface area contributed by atoms with Gasteiger partial charge < -0.3 is 5.11 Å². The molecule has 11 heavy (non-hydrogen) atoms. The summed E-state index contributed by atoms with van der Waals surface area (Å²) in [6, 6.07) is 9.87. The summed E-state index contributed by atoms with van der Waals surface area (Å²) in [5.41, 5.74) is 1.10. The Morgan fingerprint density at radius 1 is 1.36 bits per heavy atom. The fourth-order valence-corrected chi connectivity index (χ4v) is 1.24. The van der Waals surface area contributed by atoms with Crippen LogP contribution in [0.1, 0.15) is 11.6 Å². The van der Waals surface area contributed by atoms with Gasteiger partial charge >= 0.3 is 0 Å². The third-order valence-electron chi connectivity index (χ3n) is 1.59. The van der Waals surface area contributed by atoms with E-state index in [9.17, 15) is 0 Å². The van der Waals surface area contributed by atoms with Crippen molar-refractivity contribution in [1.82, 2.24) is 5.09 Å². The minimum atomic E-state index is 0.0289. The van der Waals surface area contributed by atoms with E-state index in [1.54, 1.807) is 0 Å². The zero-order valence-corrected chi connectivity index (χ0v) is 7.35. The molecule has 2 atom stereocenters. The van der Waals surface area contributed by atoms with Gasteiger partial charge in [-0.05, 0) is 5.56 Å². The summed E-state index contributed by atoms with van der Waals surface area (Å²) < 4.78 is 0. The Balaban J connectivity index is 2.74. The Hall–Kier alpha value is -0.430. The van der Waals surface area contributed by atoms with E-state index < -0.39 is 0 Å². The molecule has 1 aromatic carbocycles. The highest BCUT2D eigenvalue weighted by molar-refractivity contribution is 7.13. The van der Waals surface area contributed by atoms with Gasteiger partial charge in [-0.1, -0.05) is 39.7 Å². The SMILES string of the molecule is OCC(NP)c1ccccc1. The predicted molar refractivity (Wildman–Crippen MR) is 49.1 cm³/mol. The largest absolute Gasteiger partial charge is 0.394 e. The van der Waals surface area contributed by atoms with Crippen molar-refractivity contribution >= 4 is 9.39 Å². The Morgan fingerprint density at radius 2 is 2.00 bits per heavy atom. The van der Waals surface area contributed by atoms with Crippen molar-refractivity contribution in [2.75, 3.05) is 6.61 Å². The van der Waals surface area contributed by atoms with Crippen molar-refractivity contribution in [1.29, 1.82) is 0 Å². The van der Waals surface area contributed by atoms with Crippen molar-refractivity contribution in [3.8, 4) is 0 Å². The quantitative estimate of drug-likeness (QED) is 0.664. The van der Waals surface area contributed by atoms with E-state index in [1.807, 2.05) is 30.3 Å². The second kappa shape index (κ2) is 4.45. The molecule has 2 unspecified atom stereocenters. The van der Waals surface area contributed by atoms with Crippen molar-refractivity contribution in [3.05, 3.63) is 35.9 Å². The molecule has 1 rings (SSSR count). The summed E-state index contributed by atoms with van der Waals surface area (Å²) in [7, 11) is 2.40. The van der Waals surface area contributed by atoms with E-state index in [0.29, 0.717) is 0 Å². The van der Waals surface area contributed by atoms with Gasteiger partial charge in [0.15, 0.2) is 0 Å². The number of benzene rings is 1. The van der Waals surface area contributed by atoms with Gasteiger partial charge in [0.2, 0.25) is 0 Å². The summed E-state index contributed by atoms with van der Waals surface area (Å²) in [5, 5.41) is 11.8. The Labute approximate surface area is 68.9 Å². The molecule has 0 heterocycles. The maximum Gasteiger partial charge on any atom is 0.0629 e. The van der Waals surface area contributed by atoms with Gasteiger partial charge in [0, 0.05) is 0 Å². The second-order valence-corrected chi connectivity index (χ2v) is 2.65. The molecule has 0 saturated heterocycles.